The zero-order valence-electron chi connectivity index (χ0n) is 13.0. The van der Waals surface area contributed by atoms with Crippen LogP contribution in [0.2, 0.25) is 0 Å². The number of para-hydroxylation sites is 1. The first kappa shape index (κ1) is 16.2. The molecule has 2 aromatic rings. The number of nitriles is 1. The molecule has 2 amide bonds. The molecule has 5 nitrogen and oxygen atoms in total. The summed E-state index contributed by atoms with van der Waals surface area (Å²) in [5, 5.41) is 11.5. The first-order chi connectivity index (χ1) is 11.0. The summed E-state index contributed by atoms with van der Waals surface area (Å²) in [6.07, 6.45) is 0. The standard InChI is InChI=1S/C18H17N3O2/c1-13-5-3-4-6-17(13)21(14(2)22)12-18(23)20-16-9-7-15(11-19)8-10-16/h3-10H,12H2,1-2H3,(H,20,23). The molecule has 0 aromatic heterocycles. The number of benzene rings is 2. The Morgan fingerprint density at radius 2 is 1.78 bits per heavy atom. The van der Waals surface area contributed by atoms with Gasteiger partial charge in [0.1, 0.15) is 6.54 Å². The summed E-state index contributed by atoms with van der Waals surface area (Å²) in [4.78, 5) is 25.5. The molecule has 0 bridgehead atoms. The molecule has 0 atom stereocenters. The highest BCUT2D eigenvalue weighted by Gasteiger charge is 2.17. The smallest absolute Gasteiger partial charge is 0.244 e. The van der Waals surface area contributed by atoms with Gasteiger partial charge in [0.2, 0.25) is 11.8 Å². The number of aryl methyl sites for hydroxylation is 1. The predicted molar refractivity (Wildman–Crippen MR) is 89.0 cm³/mol. The van der Waals surface area contributed by atoms with E-state index in [4.69, 9.17) is 5.26 Å². The van der Waals surface area contributed by atoms with E-state index in [-0.39, 0.29) is 18.4 Å². The summed E-state index contributed by atoms with van der Waals surface area (Å²) in [6.45, 7) is 3.26. The summed E-state index contributed by atoms with van der Waals surface area (Å²) < 4.78 is 0. The molecule has 0 unspecified atom stereocenters. The first-order valence-corrected chi connectivity index (χ1v) is 7.15. The third-order valence-electron chi connectivity index (χ3n) is 3.39. The van der Waals surface area contributed by atoms with Crippen molar-refractivity contribution in [3.8, 4) is 6.07 Å². The van der Waals surface area contributed by atoms with Crippen molar-refractivity contribution in [1.29, 1.82) is 5.26 Å². The molecule has 0 saturated carbocycles. The summed E-state index contributed by atoms with van der Waals surface area (Å²) in [5.74, 6) is -0.498. The van der Waals surface area contributed by atoms with Crippen molar-refractivity contribution in [2.24, 2.45) is 0 Å². The average Bonchev–Trinajstić information content (AvgIpc) is 2.54. The van der Waals surface area contributed by atoms with Gasteiger partial charge in [-0.2, -0.15) is 5.26 Å². The van der Waals surface area contributed by atoms with Crippen molar-refractivity contribution in [1.82, 2.24) is 0 Å². The lowest BCUT2D eigenvalue weighted by molar-refractivity contribution is -0.120. The molecule has 0 aliphatic heterocycles. The Hall–Kier alpha value is -3.13. The van der Waals surface area contributed by atoms with Crippen LogP contribution in [0.1, 0.15) is 18.1 Å². The second-order valence-corrected chi connectivity index (χ2v) is 5.13. The van der Waals surface area contributed by atoms with E-state index in [2.05, 4.69) is 5.32 Å². The van der Waals surface area contributed by atoms with Gasteiger partial charge in [-0.1, -0.05) is 18.2 Å². The molecular formula is C18H17N3O2. The normalized spacial score (nSPS) is 9.78. The topological polar surface area (TPSA) is 73.2 Å². The number of carbonyl (C=O) groups excluding carboxylic acids is 2. The molecule has 0 spiro atoms. The van der Waals surface area contributed by atoms with Gasteiger partial charge in [0.15, 0.2) is 0 Å². The van der Waals surface area contributed by atoms with E-state index in [1.54, 1.807) is 24.3 Å². The fourth-order valence-electron chi connectivity index (χ4n) is 2.20. The van der Waals surface area contributed by atoms with Crippen LogP contribution in [-0.2, 0) is 9.59 Å². The van der Waals surface area contributed by atoms with Gasteiger partial charge in [-0.15, -0.1) is 0 Å². The summed E-state index contributed by atoms with van der Waals surface area (Å²) in [5.41, 5.74) is 2.75. The Labute approximate surface area is 135 Å². The van der Waals surface area contributed by atoms with Crippen molar-refractivity contribution in [3.63, 3.8) is 0 Å². The van der Waals surface area contributed by atoms with E-state index >= 15 is 0 Å². The molecule has 0 heterocycles. The minimum absolute atomic E-state index is 0.0693. The Morgan fingerprint density at radius 3 is 2.35 bits per heavy atom. The van der Waals surface area contributed by atoms with Crippen LogP contribution in [0.3, 0.4) is 0 Å². The average molecular weight is 307 g/mol. The predicted octanol–water partition coefficient (Wildman–Crippen LogP) is 2.86. The second kappa shape index (κ2) is 7.23. The summed E-state index contributed by atoms with van der Waals surface area (Å²) in [6, 6.07) is 16.0. The van der Waals surface area contributed by atoms with Gasteiger partial charge < -0.3 is 10.2 Å². The van der Waals surface area contributed by atoms with Crippen LogP contribution in [-0.4, -0.2) is 18.4 Å². The molecule has 0 fully saturated rings. The van der Waals surface area contributed by atoms with Crippen LogP contribution in [0.25, 0.3) is 0 Å². The lowest BCUT2D eigenvalue weighted by atomic mass is 10.1. The number of amides is 2. The maximum atomic E-state index is 12.2. The number of carbonyl (C=O) groups is 2. The third-order valence-corrected chi connectivity index (χ3v) is 3.39. The van der Waals surface area contributed by atoms with Crippen LogP contribution in [0, 0.1) is 18.3 Å². The maximum absolute atomic E-state index is 12.2. The van der Waals surface area contributed by atoms with Crippen LogP contribution in [0.5, 0.6) is 0 Å². The molecule has 1 N–H and O–H groups in total. The van der Waals surface area contributed by atoms with Gasteiger partial charge >= 0.3 is 0 Å². The van der Waals surface area contributed by atoms with Crippen molar-refractivity contribution >= 4 is 23.2 Å². The van der Waals surface area contributed by atoms with E-state index < -0.39 is 0 Å². The lowest BCUT2D eigenvalue weighted by Gasteiger charge is -2.22. The van der Waals surface area contributed by atoms with Crippen LogP contribution < -0.4 is 10.2 Å². The van der Waals surface area contributed by atoms with Crippen molar-refractivity contribution in [2.75, 3.05) is 16.8 Å². The maximum Gasteiger partial charge on any atom is 0.244 e. The van der Waals surface area contributed by atoms with Crippen molar-refractivity contribution in [3.05, 3.63) is 59.7 Å². The Kier molecular flexibility index (Phi) is 5.11. The van der Waals surface area contributed by atoms with E-state index in [0.29, 0.717) is 11.3 Å². The molecule has 116 valence electrons. The largest absolute Gasteiger partial charge is 0.325 e. The molecule has 2 aromatic carbocycles. The van der Waals surface area contributed by atoms with Gasteiger partial charge in [0, 0.05) is 18.3 Å². The Balaban J connectivity index is 2.11. The Bertz CT molecular complexity index is 761. The fourth-order valence-corrected chi connectivity index (χ4v) is 2.20. The number of nitrogens with zero attached hydrogens (tertiary/aromatic N) is 2. The number of hydrogen-bond donors (Lipinski definition) is 1. The highest BCUT2D eigenvalue weighted by molar-refractivity contribution is 6.02. The van der Waals surface area contributed by atoms with Crippen LogP contribution in [0.15, 0.2) is 48.5 Å². The lowest BCUT2D eigenvalue weighted by Crippen LogP contribution is -2.37. The fraction of sp³-hybridized carbons (Fsp3) is 0.167. The molecular weight excluding hydrogens is 290 g/mol. The first-order valence-electron chi connectivity index (χ1n) is 7.15. The summed E-state index contributed by atoms with van der Waals surface area (Å²) >= 11 is 0. The van der Waals surface area contributed by atoms with Gasteiger partial charge in [-0.05, 0) is 42.8 Å². The van der Waals surface area contributed by atoms with Crippen LogP contribution in [0.4, 0.5) is 11.4 Å². The monoisotopic (exact) mass is 307 g/mol. The molecule has 0 saturated heterocycles. The molecule has 0 aliphatic rings. The molecule has 23 heavy (non-hydrogen) atoms. The molecule has 0 radical (unpaired) electrons. The van der Waals surface area contributed by atoms with E-state index in [0.717, 1.165) is 11.3 Å². The van der Waals surface area contributed by atoms with Gasteiger partial charge in [-0.3, -0.25) is 9.59 Å². The molecule has 0 aliphatic carbocycles. The minimum Gasteiger partial charge on any atom is -0.325 e. The highest BCUT2D eigenvalue weighted by atomic mass is 16.2. The van der Waals surface area contributed by atoms with E-state index in [1.165, 1.54) is 11.8 Å². The molecule has 5 heteroatoms. The SMILES string of the molecule is CC(=O)N(CC(=O)Nc1ccc(C#N)cc1)c1ccccc1C. The Morgan fingerprint density at radius 1 is 1.13 bits per heavy atom. The number of anilines is 2. The van der Waals surface area contributed by atoms with Gasteiger partial charge in [0.05, 0.1) is 11.6 Å². The molecule has 2 rings (SSSR count). The summed E-state index contributed by atoms with van der Waals surface area (Å²) in [7, 11) is 0. The van der Waals surface area contributed by atoms with Gasteiger partial charge in [-0.25, -0.2) is 0 Å². The minimum atomic E-state index is -0.298. The van der Waals surface area contributed by atoms with Gasteiger partial charge in [0.25, 0.3) is 0 Å². The second-order valence-electron chi connectivity index (χ2n) is 5.13. The highest BCUT2D eigenvalue weighted by Crippen LogP contribution is 2.19. The number of hydrogen-bond acceptors (Lipinski definition) is 3. The third kappa shape index (κ3) is 4.17. The zero-order chi connectivity index (χ0) is 16.8. The van der Waals surface area contributed by atoms with Crippen molar-refractivity contribution < 1.29 is 9.59 Å². The van der Waals surface area contributed by atoms with E-state index in [1.807, 2.05) is 37.3 Å². The quantitative estimate of drug-likeness (QED) is 0.944. The van der Waals surface area contributed by atoms with E-state index in [9.17, 15) is 9.59 Å². The van der Waals surface area contributed by atoms with Crippen LogP contribution >= 0.6 is 0 Å². The number of nitrogens with one attached hydrogen (secondary N) is 1. The van der Waals surface area contributed by atoms with Crippen molar-refractivity contribution in [2.45, 2.75) is 13.8 Å². The zero-order valence-corrected chi connectivity index (χ0v) is 13.0. The number of rotatable bonds is 4.